The molecule has 2 aromatic rings. The van der Waals surface area contributed by atoms with Crippen molar-refractivity contribution in [2.75, 3.05) is 18.5 Å². The quantitative estimate of drug-likeness (QED) is 0.753. The molecule has 0 aromatic heterocycles. The molecule has 0 radical (unpaired) electrons. The van der Waals surface area contributed by atoms with Crippen LogP contribution in [0.3, 0.4) is 0 Å². The Morgan fingerprint density at radius 1 is 1.14 bits per heavy atom. The molecule has 1 fully saturated rings. The van der Waals surface area contributed by atoms with Gasteiger partial charge < -0.3 is 15.0 Å². The van der Waals surface area contributed by atoms with Gasteiger partial charge in [-0.2, -0.15) is 8.78 Å². The summed E-state index contributed by atoms with van der Waals surface area (Å²) in [5, 5.41) is 2.57. The number of para-hydroxylation sites is 1. The van der Waals surface area contributed by atoms with Gasteiger partial charge >= 0.3 is 12.6 Å². The maximum atomic E-state index is 12.9. The highest BCUT2D eigenvalue weighted by atomic mass is 19.3. The third-order valence-electron chi connectivity index (χ3n) is 4.74. The monoisotopic (exact) mass is 403 g/mol. The lowest BCUT2D eigenvalue weighted by Crippen LogP contribution is -2.43. The summed E-state index contributed by atoms with van der Waals surface area (Å²) in [6.45, 7) is -1.91. The van der Waals surface area contributed by atoms with Crippen LogP contribution in [0.2, 0.25) is 0 Å². The molecule has 0 bridgehead atoms. The molecule has 2 aromatic carbocycles. The minimum absolute atomic E-state index is 0.0688. The number of alkyl halides is 2. The predicted octanol–water partition coefficient (Wildman–Crippen LogP) is 2.72. The van der Waals surface area contributed by atoms with Crippen LogP contribution in [0.5, 0.6) is 5.75 Å². The van der Waals surface area contributed by atoms with E-state index in [1.807, 2.05) is 6.07 Å². The van der Waals surface area contributed by atoms with Gasteiger partial charge in [0, 0.05) is 12.7 Å². The zero-order valence-electron chi connectivity index (χ0n) is 15.8. The lowest BCUT2D eigenvalue weighted by molar-refractivity contribution is -0.134. The molecular weight excluding hydrogens is 384 g/mol. The number of benzene rings is 2. The van der Waals surface area contributed by atoms with Crippen LogP contribution in [0.25, 0.3) is 0 Å². The number of likely N-dealkylation sites (N-methyl/N-ethyl adjacent to an activating group) is 1. The van der Waals surface area contributed by atoms with E-state index in [2.05, 4.69) is 10.1 Å². The molecule has 0 spiro atoms. The lowest BCUT2D eigenvalue weighted by Gasteiger charge is -2.23. The van der Waals surface area contributed by atoms with Crippen molar-refractivity contribution in [1.82, 2.24) is 10.2 Å². The molecule has 29 heavy (non-hydrogen) atoms. The van der Waals surface area contributed by atoms with Crippen molar-refractivity contribution in [3.63, 3.8) is 0 Å². The molecule has 4 amide bonds. The number of nitrogens with zero attached hydrogens (tertiary/aromatic N) is 2. The second-order valence-corrected chi connectivity index (χ2v) is 6.64. The van der Waals surface area contributed by atoms with E-state index in [1.54, 1.807) is 31.3 Å². The third-order valence-corrected chi connectivity index (χ3v) is 4.74. The highest BCUT2D eigenvalue weighted by Crippen LogP contribution is 2.30. The number of hydrogen-bond acceptors (Lipinski definition) is 4. The SMILES string of the molecule is CN(C(=O)CN1C(=O)N[C@](C)(c2ccc(OC(F)F)cc2)C1=O)c1ccccc1. The van der Waals surface area contributed by atoms with Crippen molar-refractivity contribution in [2.24, 2.45) is 0 Å². The third kappa shape index (κ3) is 4.03. The smallest absolute Gasteiger partial charge is 0.387 e. The molecule has 1 heterocycles. The van der Waals surface area contributed by atoms with E-state index in [-0.39, 0.29) is 5.75 Å². The molecule has 0 unspecified atom stereocenters. The summed E-state index contributed by atoms with van der Waals surface area (Å²) in [5.41, 5.74) is -0.419. The van der Waals surface area contributed by atoms with E-state index < -0.39 is 36.5 Å². The van der Waals surface area contributed by atoms with Crippen LogP contribution in [-0.2, 0) is 15.1 Å². The predicted molar refractivity (Wildman–Crippen MR) is 101 cm³/mol. The highest BCUT2D eigenvalue weighted by Gasteiger charge is 2.49. The van der Waals surface area contributed by atoms with Crippen LogP contribution in [0.4, 0.5) is 19.3 Å². The second-order valence-electron chi connectivity index (χ2n) is 6.64. The normalized spacial score (nSPS) is 18.7. The first-order valence-corrected chi connectivity index (χ1v) is 8.73. The molecule has 1 saturated heterocycles. The summed E-state index contributed by atoms with van der Waals surface area (Å²) in [5.74, 6) is -1.12. The molecule has 152 valence electrons. The second kappa shape index (κ2) is 7.86. The molecule has 1 N–H and O–H groups in total. The number of anilines is 1. The fourth-order valence-electron chi connectivity index (χ4n) is 3.04. The maximum absolute atomic E-state index is 12.9. The van der Waals surface area contributed by atoms with Crippen molar-refractivity contribution in [3.05, 3.63) is 60.2 Å². The van der Waals surface area contributed by atoms with Crippen molar-refractivity contribution in [3.8, 4) is 5.75 Å². The molecule has 9 heteroatoms. The summed E-state index contributed by atoms with van der Waals surface area (Å²) in [4.78, 5) is 40.0. The number of nitrogens with one attached hydrogen (secondary N) is 1. The average Bonchev–Trinajstić information content (AvgIpc) is 2.92. The Morgan fingerprint density at radius 2 is 1.76 bits per heavy atom. The largest absolute Gasteiger partial charge is 0.435 e. The molecule has 7 nitrogen and oxygen atoms in total. The zero-order valence-corrected chi connectivity index (χ0v) is 15.8. The van der Waals surface area contributed by atoms with Crippen molar-refractivity contribution < 1.29 is 27.9 Å². The van der Waals surface area contributed by atoms with Gasteiger partial charge in [-0.1, -0.05) is 30.3 Å². The molecule has 1 atom stereocenters. The van der Waals surface area contributed by atoms with Crippen molar-refractivity contribution in [1.29, 1.82) is 0 Å². The zero-order chi connectivity index (χ0) is 21.2. The van der Waals surface area contributed by atoms with Crippen LogP contribution in [-0.4, -0.2) is 42.9 Å². The Balaban J connectivity index is 1.75. The van der Waals surface area contributed by atoms with E-state index in [9.17, 15) is 23.2 Å². The van der Waals surface area contributed by atoms with Gasteiger partial charge in [-0.3, -0.25) is 14.5 Å². The number of amides is 4. The topological polar surface area (TPSA) is 79.0 Å². The lowest BCUT2D eigenvalue weighted by atomic mass is 9.92. The van der Waals surface area contributed by atoms with Gasteiger partial charge in [0.15, 0.2) is 0 Å². The number of hydrogen-bond donors (Lipinski definition) is 1. The Kier molecular flexibility index (Phi) is 5.49. The van der Waals surface area contributed by atoms with E-state index in [0.29, 0.717) is 11.3 Å². The van der Waals surface area contributed by atoms with Crippen LogP contribution in [0.15, 0.2) is 54.6 Å². The van der Waals surface area contributed by atoms with Gasteiger partial charge in [-0.05, 0) is 36.8 Å². The highest BCUT2D eigenvalue weighted by molar-refractivity contribution is 6.10. The number of carbonyl (C=O) groups excluding carboxylic acids is 3. The summed E-state index contributed by atoms with van der Waals surface area (Å²) in [6.07, 6.45) is 0. The minimum Gasteiger partial charge on any atom is -0.435 e. The molecule has 0 saturated carbocycles. The number of halogens is 2. The Labute approximate surface area is 165 Å². The number of imide groups is 1. The number of ether oxygens (including phenoxy) is 1. The van der Waals surface area contributed by atoms with Gasteiger partial charge in [0.2, 0.25) is 5.91 Å². The van der Waals surface area contributed by atoms with E-state index in [1.165, 1.54) is 36.1 Å². The Hall–Kier alpha value is -3.49. The fraction of sp³-hybridized carbons (Fsp3) is 0.250. The van der Waals surface area contributed by atoms with Gasteiger partial charge in [-0.15, -0.1) is 0 Å². The first kappa shape index (κ1) is 20.2. The maximum Gasteiger partial charge on any atom is 0.387 e. The Bertz CT molecular complexity index is 921. The molecule has 3 rings (SSSR count). The molecule has 1 aliphatic rings. The van der Waals surface area contributed by atoms with E-state index in [4.69, 9.17) is 0 Å². The number of urea groups is 1. The van der Waals surface area contributed by atoms with Gasteiger partial charge in [-0.25, -0.2) is 4.79 Å². The summed E-state index contributed by atoms with van der Waals surface area (Å²) >= 11 is 0. The van der Waals surface area contributed by atoms with Crippen molar-refractivity contribution in [2.45, 2.75) is 19.1 Å². The first-order chi connectivity index (χ1) is 13.7. The molecule has 0 aliphatic carbocycles. The van der Waals surface area contributed by atoms with Gasteiger partial charge in [0.25, 0.3) is 5.91 Å². The standard InChI is InChI=1S/C20H19F2N3O4/c1-20(13-8-10-15(11-9-13)29-18(21)22)17(27)25(19(28)23-20)12-16(26)24(2)14-6-4-3-5-7-14/h3-11,18H,12H2,1-2H3,(H,23,28)/t20-/m1/s1. The number of carbonyl (C=O) groups is 3. The number of rotatable bonds is 6. The van der Waals surface area contributed by atoms with Crippen molar-refractivity contribution >= 4 is 23.5 Å². The summed E-state index contributed by atoms with van der Waals surface area (Å²) in [6, 6.07) is 13.5. The average molecular weight is 403 g/mol. The van der Waals surface area contributed by atoms with Crippen LogP contribution in [0.1, 0.15) is 12.5 Å². The van der Waals surface area contributed by atoms with Crippen LogP contribution in [0, 0.1) is 0 Å². The van der Waals surface area contributed by atoms with E-state index in [0.717, 1.165) is 4.90 Å². The molecule has 1 aliphatic heterocycles. The van der Waals surface area contributed by atoms with Crippen LogP contribution >= 0.6 is 0 Å². The van der Waals surface area contributed by atoms with Gasteiger partial charge in [0.1, 0.15) is 17.8 Å². The minimum atomic E-state index is -2.97. The van der Waals surface area contributed by atoms with Crippen LogP contribution < -0.4 is 15.0 Å². The summed E-state index contributed by atoms with van der Waals surface area (Å²) < 4.78 is 28.9. The molecular formula is C20H19F2N3O4. The van der Waals surface area contributed by atoms with E-state index >= 15 is 0 Å². The van der Waals surface area contributed by atoms with Gasteiger partial charge in [0.05, 0.1) is 0 Å². The summed E-state index contributed by atoms with van der Waals surface area (Å²) in [7, 11) is 1.55. The Morgan fingerprint density at radius 3 is 2.34 bits per heavy atom. The first-order valence-electron chi connectivity index (χ1n) is 8.73. The fourth-order valence-corrected chi connectivity index (χ4v) is 3.04.